The van der Waals surface area contributed by atoms with Gasteiger partial charge in [0.15, 0.2) is 0 Å². The van der Waals surface area contributed by atoms with Crippen molar-refractivity contribution in [1.29, 1.82) is 0 Å². The lowest BCUT2D eigenvalue weighted by atomic mass is 10.2. The number of rotatable bonds is 8. The molecule has 4 nitrogen and oxygen atoms in total. The number of carbonyl (C=O) groups excluding carboxylic acids is 1. The molecule has 0 bridgehead atoms. The van der Waals surface area contributed by atoms with Crippen LogP contribution in [0.15, 0.2) is 24.3 Å². The maximum atomic E-state index is 11.0. The molecule has 106 valence electrons. The fourth-order valence-corrected chi connectivity index (χ4v) is 1.60. The van der Waals surface area contributed by atoms with E-state index in [-0.39, 0.29) is 12.4 Å². The van der Waals surface area contributed by atoms with Crippen molar-refractivity contribution >= 4 is 5.97 Å². The quantitative estimate of drug-likeness (QED) is 0.733. The maximum Gasteiger partial charge on any atom is 0.308 e. The van der Waals surface area contributed by atoms with Crippen molar-refractivity contribution < 1.29 is 14.3 Å². The standard InChI is InChI=1S/C15H23NO3/c1-12(2)10-16-11-13-5-4-6-14(9-13)19-8-7-15(17)18-3/h4-6,9,12,16H,7-8,10-11H2,1-3H3. The molecule has 0 radical (unpaired) electrons. The van der Waals surface area contributed by atoms with E-state index in [1.165, 1.54) is 12.7 Å². The third kappa shape index (κ3) is 6.82. The molecule has 0 saturated heterocycles. The van der Waals surface area contributed by atoms with Crippen molar-refractivity contribution in [2.24, 2.45) is 5.92 Å². The molecule has 0 amide bonds. The van der Waals surface area contributed by atoms with Gasteiger partial charge in [0.05, 0.1) is 20.1 Å². The molecule has 0 aromatic heterocycles. The number of carbonyl (C=O) groups is 1. The highest BCUT2D eigenvalue weighted by Crippen LogP contribution is 2.13. The zero-order valence-corrected chi connectivity index (χ0v) is 11.9. The Labute approximate surface area is 115 Å². The molecular formula is C15H23NO3. The Balaban J connectivity index is 2.37. The summed E-state index contributed by atoms with van der Waals surface area (Å²) in [6.45, 7) is 6.52. The van der Waals surface area contributed by atoms with Crippen molar-refractivity contribution in [2.75, 3.05) is 20.3 Å². The van der Waals surface area contributed by atoms with Crippen LogP contribution in [0.5, 0.6) is 5.75 Å². The molecule has 0 saturated carbocycles. The van der Waals surface area contributed by atoms with E-state index in [4.69, 9.17) is 4.74 Å². The minimum absolute atomic E-state index is 0.255. The predicted octanol–water partition coefficient (Wildman–Crippen LogP) is 2.37. The Kier molecular flexibility index (Phi) is 6.97. The second-order valence-corrected chi connectivity index (χ2v) is 4.85. The Bertz CT molecular complexity index is 391. The van der Waals surface area contributed by atoms with E-state index < -0.39 is 0 Å². The molecular weight excluding hydrogens is 242 g/mol. The largest absolute Gasteiger partial charge is 0.493 e. The summed E-state index contributed by atoms with van der Waals surface area (Å²) in [4.78, 5) is 11.0. The summed E-state index contributed by atoms with van der Waals surface area (Å²) in [6, 6.07) is 7.90. The molecule has 1 aromatic carbocycles. The third-order valence-electron chi connectivity index (χ3n) is 2.58. The number of hydrogen-bond donors (Lipinski definition) is 1. The van der Waals surface area contributed by atoms with Crippen molar-refractivity contribution in [3.8, 4) is 5.75 Å². The van der Waals surface area contributed by atoms with Gasteiger partial charge in [-0.05, 0) is 30.2 Å². The highest BCUT2D eigenvalue weighted by molar-refractivity contribution is 5.69. The molecule has 0 spiro atoms. The molecule has 1 rings (SSSR count). The van der Waals surface area contributed by atoms with Gasteiger partial charge in [0, 0.05) is 6.54 Å². The smallest absolute Gasteiger partial charge is 0.308 e. The van der Waals surface area contributed by atoms with Gasteiger partial charge in [-0.15, -0.1) is 0 Å². The third-order valence-corrected chi connectivity index (χ3v) is 2.58. The summed E-state index contributed by atoms with van der Waals surface area (Å²) in [5, 5.41) is 3.38. The Hall–Kier alpha value is -1.55. The van der Waals surface area contributed by atoms with Gasteiger partial charge in [-0.2, -0.15) is 0 Å². The molecule has 0 unspecified atom stereocenters. The Morgan fingerprint density at radius 1 is 1.37 bits per heavy atom. The van der Waals surface area contributed by atoms with E-state index in [2.05, 4.69) is 30.0 Å². The maximum absolute atomic E-state index is 11.0. The van der Waals surface area contributed by atoms with Gasteiger partial charge >= 0.3 is 5.97 Å². The molecule has 1 aromatic rings. The highest BCUT2D eigenvalue weighted by atomic mass is 16.5. The highest BCUT2D eigenvalue weighted by Gasteiger charge is 2.02. The summed E-state index contributed by atoms with van der Waals surface area (Å²) in [6.07, 6.45) is 0.270. The molecule has 0 atom stereocenters. The molecule has 0 aliphatic heterocycles. The van der Waals surface area contributed by atoms with Crippen LogP contribution in [-0.2, 0) is 16.1 Å². The first kappa shape index (κ1) is 15.5. The number of hydrogen-bond acceptors (Lipinski definition) is 4. The molecule has 0 aliphatic carbocycles. The van der Waals surface area contributed by atoms with Gasteiger partial charge in [0.1, 0.15) is 5.75 Å². The van der Waals surface area contributed by atoms with E-state index >= 15 is 0 Å². The van der Waals surface area contributed by atoms with Crippen molar-refractivity contribution in [3.05, 3.63) is 29.8 Å². The zero-order chi connectivity index (χ0) is 14.1. The summed E-state index contributed by atoms with van der Waals surface area (Å²) >= 11 is 0. The van der Waals surface area contributed by atoms with Gasteiger partial charge in [-0.3, -0.25) is 4.79 Å². The van der Waals surface area contributed by atoms with Crippen LogP contribution in [0, 0.1) is 5.92 Å². The SMILES string of the molecule is COC(=O)CCOc1cccc(CNCC(C)C)c1. The number of nitrogens with one attached hydrogen (secondary N) is 1. The van der Waals surface area contributed by atoms with Crippen LogP contribution in [0.4, 0.5) is 0 Å². The number of esters is 1. The Morgan fingerprint density at radius 3 is 2.84 bits per heavy atom. The Morgan fingerprint density at radius 2 is 2.16 bits per heavy atom. The number of methoxy groups -OCH3 is 1. The fourth-order valence-electron chi connectivity index (χ4n) is 1.60. The second kappa shape index (κ2) is 8.53. The first-order valence-electron chi connectivity index (χ1n) is 6.61. The van der Waals surface area contributed by atoms with Crippen molar-refractivity contribution in [3.63, 3.8) is 0 Å². The molecule has 0 fully saturated rings. The monoisotopic (exact) mass is 265 g/mol. The summed E-state index contributed by atoms with van der Waals surface area (Å²) in [5.74, 6) is 1.17. The summed E-state index contributed by atoms with van der Waals surface area (Å²) in [7, 11) is 1.38. The van der Waals surface area contributed by atoms with Gasteiger partial charge in [-0.1, -0.05) is 26.0 Å². The van der Waals surface area contributed by atoms with E-state index in [0.29, 0.717) is 12.5 Å². The molecule has 1 N–H and O–H groups in total. The van der Waals surface area contributed by atoms with E-state index in [0.717, 1.165) is 18.8 Å². The molecule has 4 heteroatoms. The lowest BCUT2D eigenvalue weighted by Crippen LogP contribution is -2.18. The van der Waals surface area contributed by atoms with Crippen molar-refractivity contribution in [2.45, 2.75) is 26.8 Å². The van der Waals surface area contributed by atoms with Crippen molar-refractivity contribution in [1.82, 2.24) is 5.32 Å². The summed E-state index contributed by atoms with van der Waals surface area (Å²) in [5.41, 5.74) is 1.18. The van der Waals surface area contributed by atoms with Gasteiger partial charge < -0.3 is 14.8 Å². The molecule has 0 heterocycles. The zero-order valence-electron chi connectivity index (χ0n) is 11.9. The fraction of sp³-hybridized carbons (Fsp3) is 0.533. The van der Waals surface area contributed by atoms with Gasteiger partial charge in [0.25, 0.3) is 0 Å². The van der Waals surface area contributed by atoms with Crippen LogP contribution in [0.25, 0.3) is 0 Å². The van der Waals surface area contributed by atoms with E-state index in [1.807, 2.05) is 18.2 Å². The van der Waals surface area contributed by atoms with Gasteiger partial charge in [-0.25, -0.2) is 0 Å². The normalized spacial score (nSPS) is 10.5. The minimum Gasteiger partial charge on any atom is -0.493 e. The number of benzene rings is 1. The van der Waals surface area contributed by atoms with Gasteiger partial charge in [0.2, 0.25) is 0 Å². The van der Waals surface area contributed by atoms with E-state index in [1.54, 1.807) is 0 Å². The van der Waals surface area contributed by atoms with Crippen LogP contribution in [0.2, 0.25) is 0 Å². The van der Waals surface area contributed by atoms with Crippen LogP contribution in [-0.4, -0.2) is 26.2 Å². The molecule has 19 heavy (non-hydrogen) atoms. The lowest BCUT2D eigenvalue weighted by molar-refractivity contribution is -0.141. The van der Waals surface area contributed by atoms with Crippen LogP contribution in [0.3, 0.4) is 0 Å². The predicted molar refractivity (Wildman–Crippen MR) is 75.1 cm³/mol. The van der Waals surface area contributed by atoms with Crippen LogP contribution < -0.4 is 10.1 Å². The van der Waals surface area contributed by atoms with Crippen LogP contribution in [0.1, 0.15) is 25.8 Å². The average molecular weight is 265 g/mol. The lowest BCUT2D eigenvalue weighted by Gasteiger charge is -2.09. The van der Waals surface area contributed by atoms with Crippen LogP contribution >= 0.6 is 0 Å². The summed E-state index contributed by atoms with van der Waals surface area (Å²) < 4.78 is 10.1. The topological polar surface area (TPSA) is 47.6 Å². The minimum atomic E-state index is -0.255. The second-order valence-electron chi connectivity index (χ2n) is 4.85. The average Bonchev–Trinajstić information content (AvgIpc) is 2.38. The first-order chi connectivity index (χ1) is 9.11. The molecule has 0 aliphatic rings. The number of ether oxygens (including phenoxy) is 2. The first-order valence-corrected chi connectivity index (χ1v) is 6.61. The van der Waals surface area contributed by atoms with E-state index in [9.17, 15) is 4.79 Å².